The highest BCUT2D eigenvalue weighted by atomic mass is 16.1. The predicted octanol–water partition coefficient (Wildman–Crippen LogP) is 0.499. The van der Waals surface area contributed by atoms with Crippen LogP contribution in [0.2, 0.25) is 0 Å². The lowest BCUT2D eigenvalue weighted by Gasteiger charge is -2.13. The Balaban J connectivity index is 3.68. The van der Waals surface area contributed by atoms with Gasteiger partial charge in [-0.05, 0) is 19.4 Å². The van der Waals surface area contributed by atoms with Crippen molar-refractivity contribution >= 4 is 5.91 Å². The maximum Gasteiger partial charge on any atom is 0.220 e. The van der Waals surface area contributed by atoms with E-state index in [9.17, 15) is 4.79 Å². The Kier molecular flexibility index (Phi) is 5.99. The van der Waals surface area contributed by atoms with Gasteiger partial charge in [-0.2, -0.15) is 0 Å². The molecule has 13 heavy (non-hydrogen) atoms. The number of terminal acetylenes is 1. The second kappa shape index (κ2) is 6.50. The van der Waals surface area contributed by atoms with Crippen LogP contribution < -0.4 is 11.1 Å². The Morgan fingerprint density at radius 3 is 2.69 bits per heavy atom. The van der Waals surface area contributed by atoms with Gasteiger partial charge >= 0.3 is 0 Å². The molecule has 0 saturated carbocycles. The summed E-state index contributed by atoms with van der Waals surface area (Å²) in [5.41, 5.74) is 5.40. The molecule has 74 valence electrons. The summed E-state index contributed by atoms with van der Waals surface area (Å²) in [6.45, 7) is 4.38. The summed E-state index contributed by atoms with van der Waals surface area (Å²) < 4.78 is 0. The first-order chi connectivity index (χ1) is 6.10. The fourth-order valence-corrected chi connectivity index (χ4v) is 0.961. The standard InChI is InChI=1S/C10H18N2O/c1-4-5-9(3)12-10(13)6-8(2)7-11/h1,8-9H,5-7,11H2,2-3H3,(H,12,13). The van der Waals surface area contributed by atoms with Crippen LogP contribution in [0.15, 0.2) is 0 Å². The summed E-state index contributed by atoms with van der Waals surface area (Å²) >= 11 is 0. The molecule has 0 heterocycles. The third kappa shape index (κ3) is 6.18. The second-order valence-electron chi connectivity index (χ2n) is 3.42. The van der Waals surface area contributed by atoms with Gasteiger partial charge in [0.1, 0.15) is 0 Å². The molecule has 2 atom stereocenters. The maximum absolute atomic E-state index is 11.3. The zero-order valence-corrected chi connectivity index (χ0v) is 8.34. The van der Waals surface area contributed by atoms with Gasteiger partial charge in [0.05, 0.1) is 0 Å². The predicted molar refractivity (Wildman–Crippen MR) is 53.9 cm³/mol. The topological polar surface area (TPSA) is 55.1 Å². The maximum atomic E-state index is 11.3. The van der Waals surface area contributed by atoms with E-state index in [0.717, 1.165) is 0 Å². The Morgan fingerprint density at radius 1 is 1.62 bits per heavy atom. The number of nitrogens with one attached hydrogen (secondary N) is 1. The summed E-state index contributed by atoms with van der Waals surface area (Å²) in [5.74, 6) is 2.76. The van der Waals surface area contributed by atoms with Crippen LogP contribution in [-0.2, 0) is 4.79 Å². The van der Waals surface area contributed by atoms with Crippen molar-refractivity contribution in [2.75, 3.05) is 6.54 Å². The van der Waals surface area contributed by atoms with E-state index in [1.54, 1.807) is 0 Å². The minimum absolute atomic E-state index is 0.0284. The van der Waals surface area contributed by atoms with E-state index >= 15 is 0 Å². The van der Waals surface area contributed by atoms with Gasteiger partial charge in [-0.15, -0.1) is 12.3 Å². The van der Waals surface area contributed by atoms with Crippen LogP contribution in [0, 0.1) is 18.3 Å². The molecule has 2 unspecified atom stereocenters. The van der Waals surface area contributed by atoms with Crippen LogP contribution in [0.3, 0.4) is 0 Å². The highest BCUT2D eigenvalue weighted by Gasteiger charge is 2.09. The van der Waals surface area contributed by atoms with E-state index < -0.39 is 0 Å². The highest BCUT2D eigenvalue weighted by Crippen LogP contribution is 1.99. The Hall–Kier alpha value is -1.01. The molecule has 0 aliphatic carbocycles. The molecule has 0 bridgehead atoms. The van der Waals surface area contributed by atoms with Crippen molar-refractivity contribution in [2.24, 2.45) is 11.7 Å². The SMILES string of the molecule is C#CCC(C)NC(=O)CC(C)CN. The smallest absolute Gasteiger partial charge is 0.220 e. The van der Waals surface area contributed by atoms with E-state index in [2.05, 4.69) is 11.2 Å². The Labute approximate surface area is 80.1 Å². The quantitative estimate of drug-likeness (QED) is 0.608. The molecule has 0 rings (SSSR count). The third-order valence-corrected chi connectivity index (χ3v) is 1.77. The van der Waals surface area contributed by atoms with E-state index in [4.69, 9.17) is 12.2 Å². The number of hydrogen-bond donors (Lipinski definition) is 2. The van der Waals surface area contributed by atoms with Crippen LogP contribution in [0.4, 0.5) is 0 Å². The molecule has 0 aromatic carbocycles. The molecule has 0 fully saturated rings. The normalized spacial score (nSPS) is 14.3. The first-order valence-electron chi connectivity index (χ1n) is 4.53. The molecular weight excluding hydrogens is 164 g/mol. The molecule has 3 nitrogen and oxygen atoms in total. The van der Waals surface area contributed by atoms with E-state index in [1.165, 1.54) is 0 Å². The van der Waals surface area contributed by atoms with Gasteiger partial charge < -0.3 is 11.1 Å². The summed E-state index contributed by atoms with van der Waals surface area (Å²) in [6.07, 6.45) is 6.16. The van der Waals surface area contributed by atoms with Gasteiger partial charge in [0, 0.05) is 18.9 Å². The van der Waals surface area contributed by atoms with Crippen LogP contribution in [-0.4, -0.2) is 18.5 Å². The fourth-order valence-electron chi connectivity index (χ4n) is 0.961. The average Bonchev–Trinajstić information content (AvgIpc) is 2.04. The molecule has 3 N–H and O–H groups in total. The van der Waals surface area contributed by atoms with Crippen molar-refractivity contribution in [1.82, 2.24) is 5.32 Å². The van der Waals surface area contributed by atoms with Gasteiger partial charge in [0.25, 0.3) is 0 Å². The molecule has 0 spiro atoms. The minimum Gasteiger partial charge on any atom is -0.353 e. The lowest BCUT2D eigenvalue weighted by atomic mass is 10.1. The van der Waals surface area contributed by atoms with Crippen LogP contribution in [0.25, 0.3) is 0 Å². The highest BCUT2D eigenvalue weighted by molar-refractivity contribution is 5.76. The third-order valence-electron chi connectivity index (χ3n) is 1.77. The van der Waals surface area contributed by atoms with Crippen LogP contribution in [0.1, 0.15) is 26.7 Å². The van der Waals surface area contributed by atoms with Gasteiger partial charge in [-0.3, -0.25) is 4.79 Å². The molecule has 3 heteroatoms. The van der Waals surface area contributed by atoms with Gasteiger partial charge in [0.2, 0.25) is 5.91 Å². The van der Waals surface area contributed by atoms with Crippen LogP contribution >= 0.6 is 0 Å². The van der Waals surface area contributed by atoms with E-state index in [1.807, 2.05) is 13.8 Å². The Bertz CT molecular complexity index is 196. The second-order valence-corrected chi connectivity index (χ2v) is 3.42. The molecule has 0 aromatic heterocycles. The average molecular weight is 182 g/mol. The molecule has 0 aliphatic heterocycles. The van der Waals surface area contributed by atoms with E-state index in [0.29, 0.717) is 19.4 Å². The fraction of sp³-hybridized carbons (Fsp3) is 0.700. The zero-order valence-electron chi connectivity index (χ0n) is 8.34. The summed E-state index contributed by atoms with van der Waals surface area (Å²) in [5, 5.41) is 2.81. The first-order valence-corrected chi connectivity index (χ1v) is 4.53. The van der Waals surface area contributed by atoms with Crippen molar-refractivity contribution in [2.45, 2.75) is 32.7 Å². The number of carbonyl (C=O) groups excluding carboxylic acids is 1. The molecule has 0 aromatic rings. The number of hydrogen-bond acceptors (Lipinski definition) is 2. The summed E-state index contributed by atoms with van der Waals surface area (Å²) in [7, 11) is 0. The molecule has 1 amide bonds. The van der Waals surface area contributed by atoms with Crippen molar-refractivity contribution in [3.8, 4) is 12.3 Å². The summed E-state index contributed by atoms with van der Waals surface area (Å²) in [4.78, 5) is 11.3. The van der Waals surface area contributed by atoms with Gasteiger partial charge in [-0.25, -0.2) is 0 Å². The van der Waals surface area contributed by atoms with Crippen LogP contribution in [0.5, 0.6) is 0 Å². The number of nitrogens with two attached hydrogens (primary N) is 1. The van der Waals surface area contributed by atoms with Gasteiger partial charge in [0.15, 0.2) is 0 Å². The first kappa shape index (κ1) is 12.0. The van der Waals surface area contributed by atoms with Crippen molar-refractivity contribution in [3.63, 3.8) is 0 Å². The number of amides is 1. The van der Waals surface area contributed by atoms with Crippen molar-refractivity contribution in [3.05, 3.63) is 0 Å². The zero-order chi connectivity index (χ0) is 10.3. The molecule has 0 aliphatic rings. The largest absolute Gasteiger partial charge is 0.353 e. The lowest BCUT2D eigenvalue weighted by molar-refractivity contribution is -0.122. The lowest BCUT2D eigenvalue weighted by Crippen LogP contribution is -2.34. The Morgan fingerprint density at radius 2 is 2.23 bits per heavy atom. The van der Waals surface area contributed by atoms with Crippen molar-refractivity contribution < 1.29 is 4.79 Å². The monoisotopic (exact) mass is 182 g/mol. The molecule has 0 saturated heterocycles. The van der Waals surface area contributed by atoms with Crippen molar-refractivity contribution in [1.29, 1.82) is 0 Å². The number of carbonyl (C=O) groups is 1. The summed E-state index contributed by atoms with van der Waals surface area (Å²) in [6, 6.07) is 0.0578. The number of rotatable bonds is 5. The van der Waals surface area contributed by atoms with Gasteiger partial charge in [-0.1, -0.05) is 6.92 Å². The minimum atomic E-state index is 0.0284. The molecule has 0 radical (unpaired) electrons. The molecular formula is C10H18N2O. The van der Waals surface area contributed by atoms with E-state index in [-0.39, 0.29) is 17.9 Å².